The highest BCUT2D eigenvalue weighted by Crippen LogP contribution is 2.27. The fourth-order valence-electron chi connectivity index (χ4n) is 2.60. The highest BCUT2D eigenvalue weighted by Gasteiger charge is 2.30. The lowest BCUT2D eigenvalue weighted by Gasteiger charge is -2.27. The molecule has 5 nitrogen and oxygen atoms in total. The molecule has 2 aromatic rings. The summed E-state index contributed by atoms with van der Waals surface area (Å²) < 4.78 is 0. The lowest BCUT2D eigenvalue weighted by molar-refractivity contribution is -0.126. The van der Waals surface area contributed by atoms with E-state index in [4.69, 9.17) is 6.57 Å². The standard InChI is InChI=1S/C20H24N4O/c1-6-16(7-2)23-19(25)20(3,4)15-10-8-14(9-11-15)17-12-22-13-18(21-5)24-17/h8-13,16H,6-7H2,1-4H3,(H,23,25). The molecule has 0 spiro atoms. The zero-order chi connectivity index (χ0) is 18.4. The summed E-state index contributed by atoms with van der Waals surface area (Å²) in [6.07, 6.45) is 4.92. The van der Waals surface area contributed by atoms with Gasteiger partial charge in [-0.3, -0.25) is 9.78 Å². The molecule has 5 heteroatoms. The molecule has 0 saturated carbocycles. The number of nitrogens with one attached hydrogen (secondary N) is 1. The molecule has 1 N–H and O–H groups in total. The van der Waals surface area contributed by atoms with E-state index in [0.717, 1.165) is 24.0 Å². The first-order valence-electron chi connectivity index (χ1n) is 8.53. The maximum absolute atomic E-state index is 12.7. The van der Waals surface area contributed by atoms with E-state index in [2.05, 4.69) is 34.0 Å². The first-order valence-corrected chi connectivity index (χ1v) is 8.53. The van der Waals surface area contributed by atoms with Crippen molar-refractivity contribution >= 4 is 11.7 Å². The Morgan fingerprint density at radius 1 is 1.20 bits per heavy atom. The quantitative estimate of drug-likeness (QED) is 0.801. The Morgan fingerprint density at radius 3 is 2.40 bits per heavy atom. The van der Waals surface area contributed by atoms with Crippen LogP contribution in [0.2, 0.25) is 0 Å². The number of amides is 1. The number of hydrogen-bond acceptors (Lipinski definition) is 3. The molecule has 25 heavy (non-hydrogen) atoms. The molecule has 0 aliphatic heterocycles. The predicted molar refractivity (Wildman–Crippen MR) is 99.3 cm³/mol. The molecule has 0 aliphatic rings. The van der Waals surface area contributed by atoms with E-state index < -0.39 is 5.41 Å². The third kappa shape index (κ3) is 4.21. The third-order valence-corrected chi connectivity index (χ3v) is 4.53. The van der Waals surface area contributed by atoms with E-state index in [9.17, 15) is 4.79 Å². The monoisotopic (exact) mass is 336 g/mol. The van der Waals surface area contributed by atoms with Gasteiger partial charge in [0.05, 0.1) is 17.8 Å². The van der Waals surface area contributed by atoms with Gasteiger partial charge in [0.25, 0.3) is 5.82 Å². The van der Waals surface area contributed by atoms with Crippen LogP contribution in [0.3, 0.4) is 0 Å². The van der Waals surface area contributed by atoms with Crippen LogP contribution in [0.4, 0.5) is 5.82 Å². The number of rotatable bonds is 6. The smallest absolute Gasteiger partial charge is 0.288 e. The van der Waals surface area contributed by atoms with Crippen molar-refractivity contribution in [3.63, 3.8) is 0 Å². The molecule has 0 saturated heterocycles. The van der Waals surface area contributed by atoms with Crippen LogP contribution in [0.1, 0.15) is 46.1 Å². The second-order valence-electron chi connectivity index (χ2n) is 6.56. The van der Waals surface area contributed by atoms with Crippen molar-refractivity contribution in [3.05, 3.63) is 53.6 Å². The molecule has 2 rings (SSSR count). The van der Waals surface area contributed by atoms with Crippen LogP contribution in [-0.2, 0) is 10.2 Å². The Kier molecular flexibility index (Phi) is 5.87. The molecular formula is C20H24N4O. The van der Waals surface area contributed by atoms with Crippen LogP contribution in [0, 0.1) is 6.57 Å². The van der Waals surface area contributed by atoms with Gasteiger partial charge in [0.15, 0.2) is 5.69 Å². The van der Waals surface area contributed by atoms with Crippen LogP contribution in [0.15, 0.2) is 36.7 Å². The van der Waals surface area contributed by atoms with E-state index >= 15 is 0 Å². The topological polar surface area (TPSA) is 59.2 Å². The molecular weight excluding hydrogens is 312 g/mol. The second kappa shape index (κ2) is 7.89. The van der Waals surface area contributed by atoms with E-state index in [1.807, 2.05) is 38.1 Å². The van der Waals surface area contributed by atoms with E-state index in [0.29, 0.717) is 5.69 Å². The summed E-state index contributed by atoms with van der Waals surface area (Å²) in [7, 11) is 0. The summed E-state index contributed by atoms with van der Waals surface area (Å²) in [6, 6.07) is 7.91. The molecule has 1 amide bonds. The summed E-state index contributed by atoms with van der Waals surface area (Å²) in [4.78, 5) is 24.3. The molecule has 0 fully saturated rings. The van der Waals surface area contributed by atoms with E-state index in [1.165, 1.54) is 6.20 Å². The lowest BCUT2D eigenvalue weighted by Crippen LogP contribution is -2.44. The molecule has 1 heterocycles. The van der Waals surface area contributed by atoms with Crippen molar-refractivity contribution in [2.24, 2.45) is 0 Å². The first kappa shape index (κ1) is 18.6. The van der Waals surface area contributed by atoms with Crippen molar-refractivity contribution in [1.29, 1.82) is 0 Å². The zero-order valence-corrected chi connectivity index (χ0v) is 15.2. The second-order valence-corrected chi connectivity index (χ2v) is 6.56. The number of carbonyl (C=O) groups excluding carboxylic acids is 1. The van der Waals surface area contributed by atoms with Crippen molar-refractivity contribution < 1.29 is 4.79 Å². The maximum Gasteiger partial charge on any atom is 0.288 e. The summed E-state index contributed by atoms with van der Waals surface area (Å²) in [5, 5.41) is 3.12. The average molecular weight is 336 g/mol. The minimum absolute atomic E-state index is 0.0312. The average Bonchev–Trinajstić information content (AvgIpc) is 2.65. The number of nitrogens with zero attached hydrogens (tertiary/aromatic N) is 3. The van der Waals surface area contributed by atoms with Gasteiger partial charge in [-0.25, -0.2) is 0 Å². The molecule has 0 aliphatic carbocycles. The van der Waals surface area contributed by atoms with Gasteiger partial charge in [0.2, 0.25) is 5.91 Å². The molecule has 0 unspecified atom stereocenters. The number of aromatic nitrogens is 2. The van der Waals surface area contributed by atoms with Crippen LogP contribution >= 0.6 is 0 Å². The normalized spacial score (nSPS) is 11.2. The van der Waals surface area contributed by atoms with Gasteiger partial charge >= 0.3 is 0 Å². The molecule has 130 valence electrons. The van der Waals surface area contributed by atoms with Crippen LogP contribution in [0.5, 0.6) is 0 Å². The fraction of sp³-hybridized carbons (Fsp3) is 0.400. The Morgan fingerprint density at radius 2 is 1.84 bits per heavy atom. The van der Waals surface area contributed by atoms with Crippen molar-refractivity contribution in [2.75, 3.05) is 0 Å². The summed E-state index contributed by atoms with van der Waals surface area (Å²) in [5.74, 6) is 0.301. The number of hydrogen-bond donors (Lipinski definition) is 1. The van der Waals surface area contributed by atoms with Gasteiger partial charge in [0, 0.05) is 11.6 Å². The van der Waals surface area contributed by atoms with Crippen LogP contribution in [-0.4, -0.2) is 21.9 Å². The minimum atomic E-state index is -0.620. The van der Waals surface area contributed by atoms with E-state index in [1.54, 1.807) is 6.20 Å². The Hall–Kier alpha value is -2.74. The van der Waals surface area contributed by atoms with Crippen LogP contribution in [0.25, 0.3) is 16.1 Å². The predicted octanol–water partition coefficient (Wildman–Crippen LogP) is 4.28. The zero-order valence-electron chi connectivity index (χ0n) is 15.2. The molecule has 1 aromatic heterocycles. The maximum atomic E-state index is 12.7. The van der Waals surface area contributed by atoms with Gasteiger partial charge in [-0.1, -0.05) is 44.7 Å². The number of benzene rings is 1. The Labute approximate surface area is 149 Å². The highest BCUT2D eigenvalue weighted by atomic mass is 16.2. The van der Waals surface area contributed by atoms with Gasteiger partial charge in [-0.2, -0.15) is 0 Å². The third-order valence-electron chi connectivity index (χ3n) is 4.53. The van der Waals surface area contributed by atoms with E-state index in [-0.39, 0.29) is 17.8 Å². The van der Waals surface area contributed by atoms with Gasteiger partial charge < -0.3 is 10.2 Å². The Balaban J connectivity index is 2.23. The highest BCUT2D eigenvalue weighted by molar-refractivity contribution is 5.87. The Bertz CT molecular complexity index is 771. The van der Waals surface area contributed by atoms with Gasteiger partial charge in [-0.15, -0.1) is 4.98 Å². The largest absolute Gasteiger partial charge is 0.359 e. The molecule has 0 radical (unpaired) electrons. The SMILES string of the molecule is [C-]#[N+]c1cncc(-c2ccc(C(C)(C)C(=O)NC(CC)CC)cc2)n1. The summed E-state index contributed by atoms with van der Waals surface area (Å²) in [5.41, 5.74) is 1.84. The lowest BCUT2D eigenvalue weighted by atomic mass is 9.83. The number of carbonyl (C=O) groups is 1. The fourth-order valence-corrected chi connectivity index (χ4v) is 2.60. The van der Waals surface area contributed by atoms with Crippen molar-refractivity contribution in [3.8, 4) is 11.3 Å². The van der Waals surface area contributed by atoms with Crippen LogP contribution < -0.4 is 5.32 Å². The van der Waals surface area contributed by atoms with Gasteiger partial charge in [-0.05, 0) is 32.3 Å². The summed E-state index contributed by atoms with van der Waals surface area (Å²) in [6.45, 7) is 15.0. The molecule has 0 atom stereocenters. The molecule has 0 bridgehead atoms. The summed E-state index contributed by atoms with van der Waals surface area (Å²) >= 11 is 0. The molecule has 1 aromatic carbocycles. The minimum Gasteiger partial charge on any atom is -0.359 e. The van der Waals surface area contributed by atoms with Gasteiger partial charge in [0.1, 0.15) is 0 Å². The van der Waals surface area contributed by atoms with Crippen molar-refractivity contribution in [1.82, 2.24) is 15.3 Å². The first-order chi connectivity index (χ1) is 11.9. The van der Waals surface area contributed by atoms with Crippen molar-refractivity contribution in [2.45, 2.75) is 52.0 Å².